The molecule has 1 aromatic heterocycles. The predicted octanol–water partition coefficient (Wildman–Crippen LogP) is 3.91. The van der Waals surface area contributed by atoms with Crippen molar-refractivity contribution in [2.75, 3.05) is 10.6 Å². The van der Waals surface area contributed by atoms with Gasteiger partial charge >= 0.3 is 0 Å². The molecule has 2 aromatic rings. The third kappa shape index (κ3) is 4.16. The van der Waals surface area contributed by atoms with E-state index in [1.165, 1.54) is 24.2 Å². The number of para-hydroxylation sites is 1. The molecule has 2 N–H and O–H groups in total. The van der Waals surface area contributed by atoms with E-state index in [1.54, 1.807) is 29.8 Å². The van der Waals surface area contributed by atoms with E-state index < -0.39 is 0 Å². The van der Waals surface area contributed by atoms with E-state index >= 15 is 0 Å². The topological polar surface area (TPSA) is 71.1 Å². The van der Waals surface area contributed by atoms with Crippen LogP contribution in [0.2, 0.25) is 0 Å². The van der Waals surface area contributed by atoms with Crippen molar-refractivity contribution in [2.24, 2.45) is 5.92 Å². The van der Waals surface area contributed by atoms with Crippen LogP contribution >= 0.6 is 11.3 Å². The monoisotopic (exact) mass is 329 g/mol. The number of nitrogens with one attached hydrogen (secondary N) is 2. The summed E-state index contributed by atoms with van der Waals surface area (Å²) >= 11 is 1.36. The van der Waals surface area contributed by atoms with Gasteiger partial charge in [-0.3, -0.25) is 14.9 Å². The van der Waals surface area contributed by atoms with Crippen molar-refractivity contribution in [3.05, 3.63) is 41.4 Å². The quantitative estimate of drug-likeness (QED) is 0.873. The Balaban J connectivity index is 1.67. The number of benzene rings is 1. The Morgan fingerprint density at radius 1 is 1.17 bits per heavy atom. The van der Waals surface area contributed by atoms with Gasteiger partial charge in [-0.05, 0) is 30.9 Å². The predicted molar refractivity (Wildman–Crippen MR) is 91.7 cm³/mol. The van der Waals surface area contributed by atoms with E-state index in [0.29, 0.717) is 28.7 Å². The zero-order valence-electron chi connectivity index (χ0n) is 12.7. The second-order valence-corrected chi connectivity index (χ2v) is 6.63. The third-order valence-corrected chi connectivity index (χ3v) is 4.74. The Kier molecular flexibility index (Phi) is 5.02. The van der Waals surface area contributed by atoms with Gasteiger partial charge < -0.3 is 5.32 Å². The zero-order valence-corrected chi connectivity index (χ0v) is 13.6. The van der Waals surface area contributed by atoms with Gasteiger partial charge in [0.15, 0.2) is 5.13 Å². The fraction of sp³-hybridized carbons (Fsp3) is 0.353. The van der Waals surface area contributed by atoms with Gasteiger partial charge in [0.05, 0.1) is 11.3 Å². The molecule has 1 heterocycles. The lowest BCUT2D eigenvalue weighted by Crippen LogP contribution is -2.19. The van der Waals surface area contributed by atoms with Crippen LogP contribution in [0.1, 0.15) is 42.5 Å². The van der Waals surface area contributed by atoms with Crippen LogP contribution in [-0.2, 0) is 4.79 Å². The van der Waals surface area contributed by atoms with E-state index in [0.717, 1.165) is 12.8 Å². The highest BCUT2D eigenvalue weighted by Crippen LogP contribution is 2.28. The molecule has 2 amide bonds. The van der Waals surface area contributed by atoms with Crippen molar-refractivity contribution in [3.8, 4) is 0 Å². The van der Waals surface area contributed by atoms with Crippen LogP contribution in [0.25, 0.3) is 0 Å². The number of hydrogen-bond acceptors (Lipinski definition) is 4. The molecule has 0 unspecified atom stereocenters. The minimum absolute atomic E-state index is 0.0219. The second-order valence-electron chi connectivity index (χ2n) is 5.74. The molecule has 0 saturated heterocycles. The normalized spacial score (nSPS) is 14.6. The van der Waals surface area contributed by atoms with E-state index in [4.69, 9.17) is 0 Å². The van der Waals surface area contributed by atoms with Crippen LogP contribution in [-0.4, -0.2) is 16.8 Å². The average molecular weight is 329 g/mol. The summed E-state index contributed by atoms with van der Waals surface area (Å²) in [7, 11) is 0. The molecule has 0 spiro atoms. The van der Waals surface area contributed by atoms with Crippen LogP contribution in [0.5, 0.6) is 0 Å². The molecule has 1 aliphatic carbocycles. The number of hydrogen-bond donors (Lipinski definition) is 2. The number of aromatic nitrogens is 1. The van der Waals surface area contributed by atoms with Crippen LogP contribution in [0.4, 0.5) is 10.8 Å². The molecule has 0 atom stereocenters. The fourth-order valence-corrected chi connectivity index (χ4v) is 3.44. The highest BCUT2D eigenvalue weighted by atomic mass is 32.1. The van der Waals surface area contributed by atoms with Crippen LogP contribution in [0.3, 0.4) is 0 Å². The molecule has 6 heteroatoms. The summed E-state index contributed by atoms with van der Waals surface area (Å²) in [6, 6.07) is 7.05. The summed E-state index contributed by atoms with van der Waals surface area (Å²) in [5.74, 6) is 0.189. The molecule has 23 heavy (non-hydrogen) atoms. The molecule has 5 nitrogen and oxygen atoms in total. The number of anilines is 2. The molecule has 3 rings (SSSR count). The van der Waals surface area contributed by atoms with Gasteiger partial charge in [0.1, 0.15) is 0 Å². The number of thiazole rings is 1. The SMILES string of the molecule is O=C(CC1CCCC1)Nc1ccccc1C(=O)Nc1nccs1. The second kappa shape index (κ2) is 7.37. The number of amides is 2. The first kappa shape index (κ1) is 15.7. The highest BCUT2D eigenvalue weighted by molar-refractivity contribution is 7.13. The van der Waals surface area contributed by atoms with Gasteiger partial charge in [0.25, 0.3) is 5.91 Å². The maximum absolute atomic E-state index is 12.4. The zero-order chi connectivity index (χ0) is 16.1. The Hall–Kier alpha value is -2.21. The summed E-state index contributed by atoms with van der Waals surface area (Å²) in [5, 5.41) is 7.96. The Labute approximate surface area is 139 Å². The fourth-order valence-electron chi connectivity index (χ4n) is 2.92. The lowest BCUT2D eigenvalue weighted by Gasteiger charge is -2.12. The number of rotatable bonds is 5. The molecule has 120 valence electrons. The number of carbonyl (C=O) groups excluding carboxylic acids is 2. The lowest BCUT2D eigenvalue weighted by atomic mass is 10.0. The van der Waals surface area contributed by atoms with Crippen LogP contribution in [0.15, 0.2) is 35.8 Å². The van der Waals surface area contributed by atoms with Crippen molar-refractivity contribution < 1.29 is 9.59 Å². The molecule has 1 aliphatic rings. The lowest BCUT2D eigenvalue weighted by molar-refractivity contribution is -0.117. The summed E-state index contributed by atoms with van der Waals surface area (Å²) in [4.78, 5) is 28.6. The van der Waals surface area contributed by atoms with Gasteiger partial charge in [-0.25, -0.2) is 4.98 Å². The van der Waals surface area contributed by atoms with Crippen LogP contribution in [0, 0.1) is 5.92 Å². The Morgan fingerprint density at radius 2 is 1.96 bits per heavy atom. The highest BCUT2D eigenvalue weighted by Gasteiger charge is 2.20. The van der Waals surface area contributed by atoms with Crippen molar-refractivity contribution in [1.82, 2.24) is 4.98 Å². The molecule has 1 aromatic carbocycles. The number of nitrogens with zero attached hydrogens (tertiary/aromatic N) is 1. The number of carbonyl (C=O) groups is 2. The Bertz CT molecular complexity index is 679. The molecule has 0 radical (unpaired) electrons. The van der Waals surface area contributed by atoms with Gasteiger partial charge in [0.2, 0.25) is 5.91 Å². The summed E-state index contributed by atoms with van der Waals surface area (Å²) in [5.41, 5.74) is 0.993. The van der Waals surface area contributed by atoms with E-state index in [9.17, 15) is 9.59 Å². The van der Waals surface area contributed by atoms with Crippen molar-refractivity contribution in [3.63, 3.8) is 0 Å². The summed E-state index contributed by atoms with van der Waals surface area (Å²) < 4.78 is 0. The molecule has 1 fully saturated rings. The first-order valence-corrected chi connectivity index (χ1v) is 8.70. The van der Waals surface area contributed by atoms with E-state index in [-0.39, 0.29) is 11.8 Å². The van der Waals surface area contributed by atoms with Gasteiger partial charge in [-0.15, -0.1) is 11.3 Å². The largest absolute Gasteiger partial charge is 0.325 e. The molecule has 0 aliphatic heterocycles. The van der Waals surface area contributed by atoms with Gasteiger partial charge in [0, 0.05) is 18.0 Å². The first-order chi connectivity index (χ1) is 11.2. The molecular weight excluding hydrogens is 310 g/mol. The van der Waals surface area contributed by atoms with Crippen molar-refractivity contribution >= 4 is 34.0 Å². The summed E-state index contributed by atoms with van der Waals surface area (Å²) in [6.07, 6.45) is 6.84. The van der Waals surface area contributed by atoms with Crippen LogP contribution < -0.4 is 10.6 Å². The molecular formula is C17H19N3O2S. The maximum atomic E-state index is 12.4. The van der Waals surface area contributed by atoms with Crippen molar-refractivity contribution in [1.29, 1.82) is 0 Å². The molecule has 1 saturated carbocycles. The smallest absolute Gasteiger partial charge is 0.259 e. The minimum atomic E-state index is -0.267. The average Bonchev–Trinajstić information content (AvgIpc) is 3.21. The standard InChI is InChI=1S/C17H19N3O2S/c21-15(11-12-5-1-2-6-12)19-14-8-4-3-7-13(14)16(22)20-17-18-9-10-23-17/h3-4,7-10,12H,1-2,5-6,11H2,(H,19,21)(H,18,20,22). The Morgan fingerprint density at radius 3 is 2.70 bits per heavy atom. The minimum Gasteiger partial charge on any atom is -0.325 e. The summed E-state index contributed by atoms with van der Waals surface area (Å²) in [6.45, 7) is 0. The molecule has 0 bridgehead atoms. The third-order valence-electron chi connectivity index (χ3n) is 4.05. The van der Waals surface area contributed by atoms with E-state index in [1.807, 2.05) is 6.07 Å². The van der Waals surface area contributed by atoms with Crippen molar-refractivity contribution in [2.45, 2.75) is 32.1 Å². The van der Waals surface area contributed by atoms with E-state index in [2.05, 4.69) is 15.6 Å². The maximum Gasteiger partial charge on any atom is 0.259 e. The van der Waals surface area contributed by atoms with Gasteiger partial charge in [-0.1, -0.05) is 25.0 Å². The van der Waals surface area contributed by atoms with Gasteiger partial charge in [-0.2, -0.15) is 0 Å². The first-order valence-electron chi connectivity index (χ1n) is 7.82.